The molecule has 1 aromatic carbocycles. The van der Waals surface area contributed by atoms with Crippen LogP contribution >= 0.6 is 7.82 Å². The number of ether oxygens (including phenoxy) is 1. The molecule has 1 aliphatic heterocycles. The third-order valence-electron chi connectivity index (χ3n) is 4.67. The molecule has 0 spiro atoms. The van der Waals surface area contributed by atoms with Gasteiger partial charge < -0.3 is 34.6 Å². The zero-order valence-corrected chi connectivity index (χ0v) is 16.9. The van der Waals surface area contributed by atoms with Crippen molar-refractivity contribution in [3.63, 3.8) is 0 Å². The number of rotatable bonds is 6. The summed E-state index contributed by atoms with van der Waals surface area (Å²) in [6, 6.07) is 3.98. The second kappa shape index (κ2) is 8.50. The summed E-state index contributed by atoms with van der Waals surface area (Å²) in [5.41, 5.74) is 5.97. The van der Waals surface area contributed by atoms with Crippen LogP contribution in [0.15, 0.2) is 36.9 Å². The predicted octanol–water partition coefficient (Wildman–Crippen LogP) is -0.491. The first-order valence-corrected chi connectivity index (χ1v) is 10.5. The number of halogens is 1. The highest BCUT2D eigenvalue weighted by molar-refractivity contribution is 7.46. The minimum Gasteiger partial charge on any atom is -0.746 e. The fraction of sp³-hybridized carbons (Fsp3) is 0.294. The Morgan fingerprint density at radius 3 is 2.69 bits per heavy atom. The summed E-state index contributed by atoms with van der Waals surface area (Å²) in [6.07, 6.45) is -3.10. The smallest absolute Gasteiger partial charge is 0.343 e. The summed E-state index contributed by atoms with van der Waals surface area (Å²) in [7, 11) is -5.17. The van der Waals surface area contributed by atoms with Gasteiger partial charge in [-0.2, -0.15) is 0 Å². The molecule has 4 N–H and O–H groups in total. The van der Waals surface area contributed by atoms with Crippen LogP contribution in [0, 0.1) is 5.82 Å². The second-order valence-corrected chi connectivity index (χ2v) is 8.09. The maximum Gasteiger partial charge on any atom is 0.343 e. The fourth-order valence-electron chi connectivity index (χ4n) is 3.08. The van der Waals surface area contributed by atoms with E-state index in [4.69, 9.17) is 10.5 Å². The van der Waals surface area contributed by atoms with E-state index in [1.165, 1.54) is 17.2 Å². The van der Waals surface area contributed by atoms with Crippen LogP contribution in [0.1, 0.15) is 16.6 Å². The molecular weight excluding hydrogens is 452 g/mol. The number of fused-ring (bicyclic) bond motifs is 1. The van der Waals surface area contributed by atoms with E-state index in [1.807, 2.05) is 0 Å². The molecule has 1 fully saturated rings. The molecule has 1 unspecified atom stereocenters. The molecule has 170 valence electrons. The van der Waals surface area contributed by atoms with Gasteiger partial charge in [-0.15, -0.1) is 0 Å². The molecular formula is C17H16FN5O8P-. The normalized spacial score (nSPS) is 25.0. The quantitative estimate of drug-likeness (QED) is 0.393. The van der Waals surface area contributed by atoms with E-state index < -0.39 is 50.8 Å². The average Bonchev–Trinajstić information content (AvgIpc) is 3.29. The highest BCUT2D eigenvalue weighted by Crippen LogP contribution is 2.41. The SMILES string of the molecule is Nc1ncnc2c1ncn2[C@@H]1O[C@H](COP(=O)([O-])OC(=O)c2ccc(F)cc2)[C@@H](O)[C@H]1O. The van der Waals surface area contributed by atoms with Crippen LogP contribution in [0.25, 0.3) is 11.2 Å². The third-order valence-corrected chi connectivity index (χ3v) is 5.52. The van der Waals surface area contributed by atoms with E-state index in [0.717, 1.165) is 24.3 Å². The van der Waals surface area contributed by atoms with E-state index in [1.54, 1.807) is 0 Å². The van der Waals surface area contributed by atoms with Crippen LogP contribution < -0.4 is 10.6 Å². The Labute approximate surface area is 178 Å². The van der Waals surface area contributed by atoms with Gasteiger partial charge in [0.05, 0.1) is 18.5 Å². The number of carbonyl (C=O) groups excluding carboxylic acids is 1. The van der Waals surface area contributed by atoms with Crippen LogP contribution in [0.5, 0.6) is 0 Å². The second-order valence-electron chi connectivity index (χ2n) is 6.76. The number of phosphoric acid groups is 1. The first-order chi connectivity index (χ1) is 15.2. The molecule has 5 atom stereocenters. The molecule has 32 heavy (non-hydrogen) atoms. The number of anilines is 1. The van der Waals surface area contributed by atoms with Crippen molar-refractivity contribution in [2.24, 2.45) is 0 Å². The first kappa shape index (κ1) is 22.2. The lowest BCUT2D eigenvalue weighted by Gasteiger charge is -2.24. The van der Waals surface area contributed by atoms with Crippen LogP contribution in [0.2, 0.25) is 0 Å². The van der Waals surface area contributed by atoms with Gasteiger partial charge in [0.15, 0.2) is 17.7 Å². The molecule has 0 saturated carbocycles. The van der Waals surface area contributed by atoms with Gasteiger partial charge in [-0.25, -0.2) is 24.1 Å². The molecule has 0 radical (unpaired) electrons. The molecule has 4 rings (SSSR count). The Morgan fingerprint density at radius 1 is 1.25 bits per heavy atom. The highest BCUT2D eigenvalue weighted by Gasteiger charge is 2.45. The lowest BCUT2D eigenvalue weighted by molar-refractivity contribution is -0.222. The molecule has 3 aromatic rings. The lowest BCUT2D eigenvalue weighted by Crippen LogP contribution is -2.34. The van der Waals surface area contributed by atoms with E-state index >= 15 is 0 Å². The van der Waals surface area contributed by atoms with Crippen molar-refractivity contribution in [2.45, 2.75) is 24.5 Å². The number of aliphatic hydroxyl groups excluding tert-OH is 2. The van der Waals surface area contributed by atoms with Crippen molar-refractivity contribution in [2.75, 3.05) is 12.3 Å². The van der Waals surface area contributed by atoms with Gasteiger partial charge in [0.2, 0.25) is 0 Å². The van der Waals surface area contributed by atoms with Crippen molar-refractivity contribution in [1.82, 2.24) is 19.5 Å². The van der Waals surface area contributed by atoms with E-state index in [9.17, 15) is 28.9 Å². The van der Waals surface area contributed by atoms with Gasteiger partial charge in [-0.1, -0.05) is 0 Å². The largest absolute Gasteiger partial charge is 0.746 e. The maximum absolute atomic E-state index is 12.9. The van der Waals surface area contributed by atoms with E-state index in [-0.39, 0.29) is 22.5 Å². The summed E-state index contributed by atoms with van der Waals surface area (Å²) in [5, 5.41) is 20.6. The molecule has 13 nitrogen and oxygen atoms in total. The number of nitrogens with zero attached hydrogens (tertiary/aromatic N) is 4. The number of aromatic nitrogens is 4. The number of nitrogens with two attached hydrogens (primary N) is 1. The Bertz CT molecular complexity index is 1190. The topological polar surface area (TPSA) is 195 Å². The van der Waals surface area contributed by atoms with Crippen molar-refractivity contribution in [3.8, 4) is 0 Å². The van der Waals surface area contributed by atoms with Crippen LogP contribution in [0.3, 0.4) is 0 Å². The van der Waals surface area contributed by atoms with Crippen LogP contribution in [-0.2, 0) is 18.3 Å². The number of phosphoric ester groups is 1. The number of benzene rings is 1. The summed E-state index contributed by atoms with van der Waals surface area (Å²) in [5.74, 6) is -1.81. The van der Waals surface area contributed by atoms with E-state index in [0.29, 0.717) is 0 Å². The van der Waals surface area contributed by atoms with Gasteiger partial charge in [0, 0.05) is 0 Å². The number of hydrogen-bond acceptors (Lipinski definition) is 12. The molecule has 15 heteroatoms. The number of nitrogen functional groups attached to an aromatic ring is 1. The Kier molecular flexibility index (Phi) is 5.90. The zero-order valence-electron chi connectivity index (χ0n) is 16.0. The summed E-state index contributed by atoms with van der Waals surface area (Å²) >= 11 is 0. The predicted molar refractivity (Wildman–Crippen MR) is 101 cm³/mol. The maximum atomic E-state index is 12.9. The molecule has 2 aromatic heterocycles. The van der Waals surface area contributed by atoms with Gasteiger partial charge in [-0.3, -0.25) is 9.13 Å². The minimum absolute atomic E-state index is 0.0944. The number of imidazole rings is 1. The number of aliphatic hydroxyl groups is 2. The average molecular weight is 468 g/mol. The van der Waals surface area contributed by atoms with Gasteiger partial charge in [0.1, 0.15) is 36.0 Å². The highest BCUT2D eigenvalue weighted by atomic mass is 31.2. The van der Waals surface area contributed by atoms with Crippen molar-refractivity contribution in [3.05, 3.63) is 48.3 Å². The summed E-state index contributed by atoms with van der Waals surface area (Å²) in [4.78, 5) is 35.7. The van der Waals surface area contributed by atoms with Crippen LogP contribution in [0.4, 0.5) is 10.2 Å². The third kappa shape index (κ3) is 4.32. The summed E-state index contributed by atoms with van der Waals surface area (Å²) < 4.78 is 40.7. The Balaban J connectivity index is 1.42. The molecule has 0 aliphatic carbocycles. The molecule has 0 amide bonds. The molecule has 1 aliphatic rings. The van der Waals surface area contributed by atoms with Crippen molar-refractivity contribution < 1.29 is 42.6 Å². The van der Waals surface area contributed by atoms with Gasteiger partial charge in [0.25, 0.3) is 0 Å². The minimum atomic E-state index is -5.17. The van der Waals surface area contributed by atoms with Crippen molar-refractivity contribution in [1.29, 1.82) is 0 Å². The molecule has 0 bridgehead atoms. The monoisotopic (exact) mass is 468 g/mol. The fourth-order valence-corrected chi connectivity index (χ4v) is 3.77. The molecule has 3 heterocycles. The first-order valence-electron chi connectivity index (χ1n) is 9.06. The van der Waals surface area contributed by atoms with E-state index in [2.05, 4.69) is 24.0 Å². The van der Waals surface area contributed by atoms with Gasteiger partial charge in [-0.05, 0) is 24.3 Å². The molecule has 1 saturated heterocycles. The number of hydrogen-bond donors (Lipinski definition) is 3. The lowest BCUT2D eigenvalue weighted by atomic mass is 10.1. The van der Waals surface area contributed by atoms with Crippen molar-refractivity contribution >= 4 is 30.8 Å². The van der Waals surface area contributed by atoms with Crippen LogP contribution in [-0.4, -0.2) is 60.6 Å². The standard InChI is InChI=1S/C17H17FN5O8P/c18-9-3-1-8(2-4-9)17(26)31-32(27,28)29-5-10-12(24)13(25)16(30-10)23-7-22-11-14(19)20-6-21-15(11)23/h1-4,6-7,10,12-13,16,24-25H,5H2,(H,27,28)(H2,19,20,21)/p-1/t10-,12-,13-,16-/m1/s1. The Hall–Kier alpha value is -3.00. The number of carbonyl (C=O) groups is 1. The zero-order chi connectivity index (χ0) is 23.0. The summed E-state index contributed by atoms with van der Waals surface area (Å²) in [6.45, 7) is -0.768. The van der Waals surface area contributed by atoms with Gasteiger partial charge >= 0.3 is 13.8 Å². The Morgan fingerprint density at radius 2 is 1.97 bits per heavy atom.